The number of likely N-dealkylation sites (N-methyl/N-ethyl adjacent to an activating group) is 2. The van der Waals surface area contributed by atoms with Gasteiger partial charge in [0, 0.05) is 50.6 Å². The number of thioether (sulfide) groups is 2. The van der Waals surface area contributed by atoms with Gasteiger partial charge in [0.2, 0.25) is 0 Å². The van der Waals surface area contributed by atoms with Gasteiger partial charge in [-0.1, -0.05) is 302 Å². The number of rotatable bonds is 0. The van der Waals surface area contributed by atoms with Crippen molar-refractivity contribution < 1.29 is 18.9 Å². The molecule has 7 aliphatic carbocycles. The van der Waals surface area contributed by atoms with Crippen LogP contribution in [-0.2, 0) is 18.9 Å². The second-order valence-electron chi connectivity index (χ2n) is 24.5. The Bertz CT molecular complexity index is 960. The van der Waals surface area contributed by atoms with Gasteiger partial charge >= 0.3 is 0 Å². The molecule has 0 aromatic rings. The first-order chi connectivity index (χ1) is 45.4. The fraction of sp³-hybridized carbons (Fsp3) is 1.00. The van der Waals surface area contributed by atoms with Crippen LogP contribution in [0.3, 0.4) is 0 Å². The molecule has 0 amide bonds. The minimum atomic E-state index is 0.0359. The minimum absolute atomic E-state index is 0.0359. The van der Waals surface area contributed by atoms with Gasteiger partial charge in [-0.2, -0.15) is 0 Å². The molecule has 6 heterocycles. The molecule has 93 heavy (non-hydrogen) atoms. The van der Waals surface area contributed by atoms with Gasteiger partial charge in [0.05, 0.1) is 19.3 Å². The first kappa shape index (κ1) is 112. The zero-order valence-corrected chi connectivity index (χ0v) is 72.6. The normalized spacial score (nSPS) is 24.7. The summed E-state index contributed by atoms with van der Waals surface area (Å²) < 4.78 is 21.4. The lowest BCUT2D eigenvalue weighted by molar-refractivity contribution is -0.167. The molecular weight excluding hydrogens is 1180 g/mol. The molecule has 13 aliphatic rings. The van der Waals surface area contributed by atoms with E-state index in [0.717, 1.165) is 73.6 Å². The number of piperazine rings is 1. The van der Waals surface area contributed by atoms with Crippen molar-refractivity contribution in [2.24, 2.45) is 41.4 Å². The zero-order valence-electron chi connectivity index (χ0n) is 71.0. The topological polar surface area (TPSA) is 46.6 Å². The maximum atomic E-state index is 5.28. The molecule has 7 saturated carbocycles. The molecule has 6 aliphatic heterocycles. The van der Waals surface area contributed by atoms with E-state index in [1.165, 1.54) is 178 Å². The van der Waals surface area contributed by atoms with Gasteiger partial charge in [0.1, 0.15) is 0 Å². The summed E-state index contributed by atoms with van der Waals surface area (Å²) in [6.45, 7) is 69.5. The molecule has 4 bridgehead atoms. The molecule has 0 N–H and O–H groups in total. The number of nitrogens with zero attached hydrogens (tertiary/aromatic N) is 3. The Hall–Kier alpha value is 0.420. The van der Waals surface area contributed by atoms with Crippen LogP contribution in [0.25, 0.3) is 0 Å². The van der Waals surface area contributed by atoms with Crippen molar-refractivity contribution in [1.82, 2.24) is 14.7 Å². The van der Waals surface area contributed by atoms with E-state index in [0.29, 0.717) is 6.10 Å². The maximum Gasteiger partial charge on any atom is 0.154 e. The average Bonchev–Trinajstić information content (AvgIpc) is 3.30. The monoisotopic (exact) mass is 1370 g/mol. The number of fused-ring (bicyclic) bond motifs is 5. The summed E-state index contributed by atoms with van der Waals surface area (Å²) in [7, 11) is 6.54. The molecule has 2 atom stereocenters. The van der Waals surface area contributed by atoms with Gasteiger partial charge in [0.25, 0.3) is 0 Å². The summed E-state index contributed by atoms with van der Waals surface area (Å²) in [6, 6.07) is 0. The Morgan fingerprint density at radius 2 is 0.581 bits per heavy atom. The Morgan fingerprint density at radius 3 is 0.753 bits per heavy atom. The van der Waals surface area contributed by atoms with Crippen molar-refractivity contribution in [1.29, 1.82) is 0 Å². The highest BCUT2D eigenvalue weighted by Gasteiger charge is 2.30. The Balaban J connectivity index is -0.000000117. The van der Waals surface area contributed by atoms with Crippen LogP contribution in [0, 0.1) is 41.4 Å². The van der Waals surface area contributed by atoms with Crippen LogP contribution in [-0.4, -0.2) is 137 Å². The summed E-state index contributed by atoms with van der Waals surface area (Å²) >= 11 is 4.16. The standard InChI is InChI=1S/C8H14.C7H12.C7H14.C6H14N2.C6H13N.2C6H12O.C6H12.C5H10O2.C5H10S2.11C2H6/c1-2-8-5-3-7(1)4-6-8;1-2-7-4-3-6(1)5-7;1-7-5-3-2-4-6-7;1-7-3-5-8(2)6-4-7;1-7-5-3-2-4-6-7;1-6-3-2-4-7-5-6;1-6-4-2-3-5-7-6;1-6-4-2-3-5-6;2*1-5-6-3-2-4-7-5;11*1-2/h7-8H,1-6H2;6-7H,1-5H2;7H,2-6H2,1H3;3-6H2,1-2H3;2-6H2,1H3;2*6H,2-5H2,1H3;6H,2-5H2,1H3;2*5H,2-4H2,1H3;11*1-2H3. The summed E-state index contributed by atoms with van der Waals surface area (Å²) in [4.78, 5) is 7.11. The van der Waals surface area contributed by atoms with E-state index in [9.17, 15) is 0 Å². The molecule has 13 rings (SSSR count). The van der Waals surface area contributed by atoms with Gasteiger partial charge in [0.15, 0.2) is 6.29 Å². The summed E-state index contributed by atoms with van der Waals surface area (Å²) in [5.41, 5.74) is 0. The largest absolute Gasteiger partial charge is 0.381 e. The Morgan fingerprint density at radius 1 is 0.269 bits per heavy atom. The Labute approximate surface area is 603 Å². The van der Waals surface area contributed by atoms with Crippen LogP contribution in [0.2, 0.25) is 0 Å². The third-order valence-electron chi connectivity index (χ3n) is 17.2. The summed E-state index contributed by atoms with van der Waals surface area (Å²) in [6.07, 6.45) is 44.4. The van der Waals surface area contributed by atoms with Crippen molar-refractivity contribution in [3.63, 3.8) is 0 Å². The minimum Gasteiger partial charge on any atom is -0.381 e. The number of likely N-dealkylation sites (tertiary alicyclic amines) is 1. The van der Waals surface area contributed by atoms with Gasteiger partial charge in [-0.25, -0.2) is 0 Å². The second kappa shape index (κ2) is 98.8. The zero-order chi connectivity index (χ0) is 73.2. The highest BCUT2D eigenvalue weighted by atomic mass is 32.2. The maximum absolute atomic E-state index is 5.28. The van der Waals surface area contributed by atoms with Crippen molar-refractivity contribution in [2.45, 2.75) is 403 Å². The van der Waals surface area contributed by atoms with E-state index in [4.69, 9.17) is 18.9 Å². The lowest BCUT2D eigenvalue weighted by atomic mass is 9.71. The molecule has 7 nitrogen and oxygen atoms in total. The Kier molecular flexibility index (Phi) is 119. The predicted octanol–water partition coefficient (Wildman–Crippen LogP) is 27.8. The van der Waals surface area contributed by atoms with Crippen molar-refractivity contribution in [3.05, 3.63) is 0 Å². The van der Waals surface area contributed by atoms with Crippen LogP contribution in [0.5, 0.6) is 0 Å². The van der Waals surface area contributed by atoms with Crippen LogP contribution in [0.15, 0.2) is 0 Å². The highest BCUT2D eigenvalue weighted by Crippen LogP contribution is 2.44. The first-order valence-electron chi connectivity index (χ1n) is 42.2. The molecule has 0 radical (unpaired) electrons. The molecule has 0 aromatic carbocycles. The van der Waals surface area contributed by atoms with Gasteiger partial charge in [-0.15, -0.1) is 23.5 Å². The van der Waals surface area contributed by atoms with E-state index < -0.39 is 0 Å². The van der Waals surface area contributed by atoms with E-state index >= 15 is 0 Å². The third kappa shape index (κ3) is 84.8. The lowest BCUT2D eigenvalue weighted by Crippen LogP contribution is -2.42. The van der Waals surface area contributed by atoms with Gasteiger partial charge in [-0.3, -0.25) is 0 Å². The first-order valence-corrected chi connectivity index (χ1v) is 44.3. The average molecular weight is 1370 g/mol. The smallest absolute Gasteiger partial charge is 0.154 e. The molecular formula is C84H189N3O4S2. The van der Waals surface area contributed by atoms with Gasteiger partial charge in [-0.05, 0) is 172 Å². The number of ether oxygens (including phenoxy) is 4. The van der Waals surface area contributed by atoms with E-state index in [1.54, 1.807) is 70.6 Å². The van der Waals surface area contributed by atoms with Crippen LogP contribution in [0.1, 0.15) is 386 Å². The van der Waals surface area contributed by atoms with E-state index in [2.05, 4.69) is 94.0 Å². The van der Waals surface area contributed by atoms with Crippen LogP contribution >= 0.6 is 23.5 Å². The summed E-state index contributed by atoms with van der Waals surface area (Å²) in [5, 5.41) is 0. The predicted molar refractivity (Wildman–Crippen MR) is 439 cm³/mol. The van der Waals surface area contributed by atoms with Crippen molar-refractivity contribution in [3.8, 4) is 0 Å². The molecule has 9 heteroatoms. The quantitative estimate of drug-likeness (QED) is 0.236. The molecule has 6 saturated heterocycles. The van der Waals surface area contributed by atoms with E-state index in [1.807, 2.05) is 159 Å². The molecule has 13 fully saturated rings. The van der Waals surface area contributed by atoms with Crippen LogP contribution in [0.4, 0.5) is 0 Å². The SMILES string of the molecule is C1CC2CCC1C2.C1CC2CCC1CC2.CC.CC.CC.CC.CC.CC.CC.CC.CC.CC.CC.CC1CCCC1.CC1CCCCC1.CC1CCCCO1.CC1CCCOC1.CC1OCCCO1.CC1SCCCS1.CN1CCCCC1.CN1CCN(C)CC1. The van der Waals surface area contributed by atoms with Crippen molar-refractivity contribution in [2.75, 3.05) is 105 Å². The second-order valence-corrected chi connectivity index (χ2v) is 27.7. The van der Waals surface area contributed by atoms with Crippen LogP contribution < -0.4 is 0 Å². The third-order valence-corrected chi connectivity index (χ3v) is 20.0. The molecule has 0 spiro atoms. The molecule has 576 valence electrons. The molecule has 0 aromatic heterocycles. The number of hydrogen-bond acceptors (Lipinski definition) is 9. The van der Waals surface area contributed by atoms with Gasteiger partial charge < -0.3 is 33.6 Å². The van der Waals surface area contributed by atoms with Crippen molar-refractivity contribution >= 4 is 23.5 Å². The lowest BCUT2D eigenvalue weighted by Gasteiger charge is -2.35. The fourth-order valence-electron chi connectivity index (χ4n) is 11.9. The van der Waals surface area contributed by atoms with E-state index in [-0.39, 0.29) is 6.29 Å². The summed E-state index contributed by atoms with van der Waals surface area (Å²) in [5.74, 6) is 10.3. The number of hydrogen-bond donors (Lipinski definition) is 0. The molecule has 2 unspecified atom stereocenters. The number of piperidine rings is 1. The highest BCUT2D eigenvalue weighted by molar-refractivity contribution is 8.17. The fourth-order valence-corrected chi connectivity index (χ4v) is 14.3.